The van der Waals surface area contributed by atoms with Crippen molar-refractivity contribution >= 4 is 15.9 Å². The van der Waals surface area contributed by atoms with Crippen molar-refractivity contribution in [2.24, 2.45) is 5.41 Å². The molecule has 0 heterocycles. The summed E-state index contributed by atoms with van der Waals surface area (Å²) in [7, 11) is 0. The molecule has 0 N–H and O–H groups in total. The first-order valence-corrected chi connectivity index (χ1v) is 3.34. The van der Waals surface area contributed by atoms with Gasteiger partial charge >= 0.3 is 0 Å². The molecule has 7 heavy (non-hydrogen) atoms. The lowest BCUT2D eigenvalue weighted by molar-refractivity contribution is 0.408. The second kappa shape index (κ2) is 0.790. The first-order chi connectivity index (χ1) is 3.16. The summed E-state index contributed by atoms with van der Waals surface area (Å²) in [6.45, 7) is 0. The molecule has 2 heteroatoms. The molecule has 2 fully saturated rings. The Bertz CT molecular complexity index is 113. The highest BCUT2D eigenvalue weighted by molar-refractivity contribution is 9.10. The SMILES string of the molecule is FC1(Br)CC12CC2. The highest BCUT2D eigenvalue weighted by atomic mass is 79.9. The molecule has 0 radical (unpaired) electrons. The average Bonchev–Trinajstić information content (AvgIpc) is 2.22. The van der Waals surface area contributed by atoms with Crippen LogP contribution in [0.2, 0.25) is 0 Å². The number of halogens is 2. The molecule has 0 amide bonds. The summed E-state index contributed by atoms with van der Waals surface area (Å²) in [5.74, 6) is 0. The normalized spacial score (nSPS) is 52.3. The Kier molecular flexibility index (Phi) is 0.486. The topological polar surface area (TPSA) is 0 Å². The third kappa shape index (κ3) is 0.368. The van der Waals surface area contributed by atoms with E-state index in [1.807, 2.05) is 0 Å². The maximum Gasteiger partial charge on any atom is 0.171 e. The van der Waals surface area contributed by atoms with E-state index in [1.54, 1.807) is 0 Å². The molecule has 2 aliphatic carbocycles. The second-order valence-corrected chi connectivity index (χ2v) is 3.92. The lowest BCUT2D eigenvalue weighted by atomic mass is 10.4. The maximum atomic E-state index is 12.6. The van der Waals surface area contributed by atoms with E-state index in [0.717, 1.165) is 19.3 Å². The number of hydrogen-bond acceptors (Lipinski definition) is 0. The molecule has 0 saturated heterocycles. The minimum absolute atomic E-state index is 0.146. The summed E-state index contributed by atoms with van der Waals surface area (Å²) >= 11 is 3.00. The van der Waals surface area contributed by atoms with E-state index in [4.69, 9.17) is 0 Å². The molecular weight excluding hydrogens is 159 g/mol. The zero-order valence-corrected chi connectivity index (χ0v) is 5.46. The van der Waals surface area contributed by atoms with Gasteiger partial charge in [-0.25, -0.2) is 4.39 Å². The van der Waals surface area contributed by atoms with Crippen LogP contribution in [-0.4, -0.2) is 4.58 Å². The van der Waals surface area contributed by atoms with Gasteiger partial charge in [-0.05, 0) is 28.8 Å². The monoisotopic (exact) mass is 164 g/mol. The van der Waals surface area contributed by atoms with Crippen molar-refractivity contribution in [2.75, 3.05) is 0 Å². The number of hydrogen-bond donors (Lipinski definition) is 0. The summed E-state index contributed by atoms with van der Waals surface area (Å²) in [5, 5.41) is 0. The van der Waals surface area contributed by atoms with Crippen LogP contribution in [0.3, 0.4) is 0 Å². The van der Waals surface area contributed by atoms with Crippen LogP contribution < -0.4 is 0 Å². The van der Waals surface area contributed by atoms with Crippen molar-refractivity contribution in [3.8, 4) is 0 Å². The van der Waals surface area contributed by atoms with Gasteiger partial charge in [0.25, 0.3) is 0 Å². The molecule has 1 spiro atoms. The van der Waals surface area contributed by atoms with Gasteiger partial charge in [0, 0.05) is 11.8 Å². The zero-order valence-electron chi connectivity index (χ0n) is 3.88. The van der Waals surface area contributed by atoms with Crippen LogP contribution in [0.15, 0.2) is 0 Å². The van der Waals surface area contributed by atoms with Gasteiger partial charge in [-0.15, -0.1) is 0 Å². The first kappa shape index (κ1) is 4.30. The van der Waals surface area contributed by atoms with Crippen molar-refractivity contribution in [3.63, 3.8) is 0 Å². The van der Waals surface area contributed by atoms with Crippen LogP contribution in [0.1, 0.15) is 19.3 Å². The van der Waals surface area contributed by atoms with E-state index in [0.29, 0.717) is 0 Å². The van der Waals surface area contributed by atoms with Crippen molar-refractivity contribution in [1.29, 1.82) is 0 Å². The summed E-state index contributed by atoms with van der Waals surface area (Å²) < 4.78 is 11.6. The molecule has 1 unspecified atom stereocenters. The summed E-state index contributed by atoms with van der Waals surface area (Å²) in [4.78, 5) is 0. The Morgan fingerprint density at radius 3 is 1.86 bits per heavy atom. The standard InChI is InChI=1S/C5H6BrF/c6-5(7)3-4(5)1-2-4/h1-3H2. The lowest BCUT2D eigenvalue weighted by Gasteiger charge is -1.86. The molecule has 1 atom stereocenters. The minimum Gasteiger partial charge on any atom is -0.231 e. The van der Waals surface area contributed by atoms with Gasteiger partial charge in [-0.2, -0.15) is 0 Å². The van der Waals surface area contributed by atoms with E-state index < -0.39 is 4.58 Å². The largest absolute Gasteiger partial charge is 0.231 e. The van der Waals surface area contributed by atoms with Gasteiger partial charge in [0.05, 0.1) is 0 Å². The van der Waals surface area contributed by atoms with Crippen molar-refractivity contribution in [3.05, 3.63) is 0 Å². The lowest BCUT2D eigenvalue weighted by Crippen LogP contribution is -1.87. The summed E-state index contributed by atoms with van der Waals surface area (Å²) in [6, 6.07) is 0. The maximum absolute atomic E-state index is 12.6. The van der Waals surface area contributed by atoms with Gasteiger partial charge in [0.2, 0.25) is 0 Å². The fourth-order valence-electron chi connectivity index (χ4n) is 1.07. The number of rotatable bonds is 0. The zero-order chi connectivity index (χ0) is 5.12. The molecule has 0 aromatic heterocycles. The molecule has 2 aliphatic rings. The van der Waals surface area contributed by atoms with Crippen LogP contribution in [0.4, 0.5) is 4.39 Å². The third-order valence-electron chi connectivity index (χ3n) is 2.06. The summed E-state index contributed by atoms with van der Waals surface area (Å²) in [5.41, 5.74) is 0.146. The quantitative estimate of drug-likeness (QED) is 0.482. The predicted molar refractivity (Wildman–Crippen MR) is 29.0 cm³/mol. The highest BCUT2D eigenvalue weighted by Crippen LogP contribution is 2.77. The minimum atomic E-state index is -0.931. The summed E-state index contributed by atoms with van der Waals surface area (Å²) in [6.07, 6.45) is 2.98. The molecule has 2 rings (SSSR count). The molecule has 2 saturated carbocycles. The Labute approximate surface area is 50.2 Å². The van der Waals surface area contributed by atoms with Crippen molar-refractivity contribution in [1.82, 2.24) is 0 Å². The van der Waals surface area contributed by atoms with Crippen LogP contribution >= 0.6 is 15.9 Å². The van der Waals surface area contributed by atoms with Crippen molar-refractivity contribution in [2.45, 2.75) is 23.8 Å². The predicted octanol–water partition coefficient (Wildman–Crippen LogP) is 2.23. The van der Waals surface area contributed by atoms with Crippen LogP contribution in [0.25, 0.3) is 0 Å². The molecule has 0 bridgehead atoms. The number of alkyl halides is 2. The average molecular weight is 165 g/mol. The van der Waals surface area contributed by atoms with Crippen molar-refractivity contribution < 1.29 is 4.39 Å². The van der Waals surface area contributed by atoms with E-state index in [2.05, 4.69) is 15.9 Å². The van der Waals surface area contributed by atoms with E-state index in [1.165, 1.54) is 0 Å². The fourth-order valence-corrected chi connectivity index (χ4v) is 2.01. The molecule has 0 nitrogen and oxygen atoms in total. The van der Waals surface area contributed by atoms with Gasteiger partial charge in [0.15, 0.2) is 4.58 Å². The molecule has 0 aromatic rings. The molecule has 0 aliphatic heterocycles. The van der Waals surface area contributed by atoms with Gasteiger partial charge < -0.3 is 0 Å². The second-order valence-electron chi connectivity index (χ2n) is 2.66. The molecular formula is C5H6BrF. The van der Waals surface area contributed by atoms with Gasteiger partial charge in [-0.1, -0.05) is 0 Å². The fraction of sp³-hybridized carbons (Fsp3) is 1.00. The molecule has 40 valence electrons. The van der Waals surface area contributed by atoms with E-state index in [-0.39, 0.29) is 5.41 Å². The van der Waals surface area contributed by atoms with Gasteiger partial charge in [-0.3, -0.25) is 0 Å². The molecule has 0 aromatic carbocycles. The highest BCUT2D eigenvalue weighted by Gasteiger charge is 2.74. The van der Waals surface area contributed by atoms with Crippen LogP contribution in [0.5, 0.6) is 0 Å². The Hall–Kier alpha value is 0.410. The van der Waals surface area contributed by atoms with E-state index in [9.17, 15) is 4.39 Å². The van der Waals surface area contributed by atoms with Crippen LogP contribution in [0, 0.1) is 5.41 Å². The van der Waals surface area contributed by atoms with E-state index >= 15 is 0 Å². The third-order valence-corrected chi connectivity index (χ3v) is 3.19. The Morgan fingerprint density at radius 1 is 1.43 bits per heavy atom. The smallest absolute Gasteiger partial charge is 0.171 e. The Balaban J connectivity index is 2.22. The van der Waals surface area contributed by atoms with Gasteiger partial charge in [0.1, 0.15) is 0 Å². The van der Waals surface area contributed by atoms with Crippen LogP contribution in [-0.2, 0) is 0 Å². The first-order valence-electron chi connectivity index (χ1n) is 2.54. The Morgan fingerprint density at radius 2 is 1.86 bits per heavy atom.